The topological polar surface area (TPSA) is 29.1 Å². The SMILES string of the molecule is O=C1CSC2(N1)SS2. The molecule has 5 heteroatoms. The van der Waals surface area contributed by atoms with Crippen LogP contribution in [0.4, 0.5) is 0 Å². The minimum absolute atomic E-state index is 0.0666. The van der Waals surface area contributed by atoms with Crippen molar-refractivity contribution in [3.05, 3.63) is 0 Å². The molecule has 2 heterocycles. The van der Waals surface area contributed by atoms with Gasteiger partial charge in [-0.3, -0.25) is 4.79 Å². The molecular weight excluding hydrogens is 162 g/mol. The van der Waals surface area contributed by atoms with Gasteiger partial charge in [-0.1, -0.05) is 0 Å². The van der Waals surface area contributed by atoms with Gasteiger partial charge in [-0.05, 0) is 21.6 Å². The van der Waals surface area contributed by atoms with Crippen LogP contribution in [0, 0.1) is 0 Å². The van der Waals surface area contributed by atoms with Crippen LogP contribution in [0.15, 0.2) is 0 Å². The van der Waals surface area contributed by atoms with E-state index in [1.807, 2.05) is 0 Å². The van der Waals surface area contributed by atoms with Gasteiger partial charge in [-0.25, -0.2) is 0 Å². The number of amides is 1. The highest BCUT2D eigenvalue weighted by atomic mass is 33.2. The summed E-state index contributed by atoms with van der Waals surface area (Å²) in [5.41, 5.74) is 0. The van der Waals surface area contributed by atoms with Crippen molar-refractivity contribution in [1.29, 1.82) is 0 Å². The molecule has 2 aliphatic rings. The first-order valence-electron chi connectivity index (χ1n) is 2.13. The van der Waals surface area contributed by atoms with E-state index in [1.165, 1.54) is 0 Å². The quantitative estimate of drug-likeness (QED) is 0.426. The van der Waals surface area contributed by atoms with E-state index in [9.17, 15) is 4.79 Å². The maximum atomic E-state index is 10.5. The van der Waals surface area contributed by atoms with Crippen LogP contribution in [0.5, 0.6) is 0 Å². The monoisotopic (exact) mass is 165 g/mol. The summed E-state index contributed by atoms with van der Waals surface area (Å²) >= 11 is 1.68. The zero-order chi connectivity index (χ0) is 5.61. The van der Waals surface area contributed by atoms with E-state index in [0.717, 1.165) is 0 Å². The van der Waals surface area contributed by atoms with E-state index < -0.39 is 0 Å². The van der Waals surface area contributed by atoms with Crippen LogP contribution >= 0.6 is 33.3 Å². The van der Waals surface area contributed by atoms with Crippen molar-refractivity contribution in [1.82, 2.24) is 5.32 Å². The highest BCUT2D eigenvalue weighted by molar-refractivity contribution is 8.97. The molecule has 0 bridgehead atoms. The Bertz CT molecular complexity index is 143. The standard InChI is InChI=1S/C3H3NOS3/c5-2-1-6-3(4-2)7-8-3/h1H2,(H,4,5). The Kier molecular flexibility index (Phi) is 1.01. The molecule has 2 saturated heterocycles. The lowest BCUT2D eigenvalue weighted by Gasteiger charge is -1.95. The van der Waals surface area contributed by atoms with Gasteiger partial charge in [0.05, 0.1) is 5.75 Å². The average Bonchev–Trinajstić information content (AvgIpc) is 2.34. The molecule has 2 nitrogen and oxygen atoms in total. The summed E-state index contributed by atoms with van der Waals surface area (Å²) in [7, 11) is 3.46. The zero-order valence-corrected chi connectivity index (χ0v) is 6.29. The Balaban J connectivity index is 2.13. The molecular formula is C3H3NOS3. The molecule has 2 aliphatic heterocycles. The lowest BCUT2D eigenvalue weighted by atomic mass is 10.7. The van der Waals surface area contributed by atoms with Crippen LogP contribution in [0.2, 0.25) is 0 Å². The zero-order valence-electron chi connectivity index (χ0n) is 3.84. The summed E-state index contributed by atoms with van der Waals surface area (Å²) in [6.45, 7) is 0. The summed E-state index contributed by atoms with van der Waals surface area (Å²) in [5.74, 6) is 0.812. The molecule has 2 rings (SSSR count). The number of thioether (sulfide) groups is 1. The highest BCUT2D eigenvalue weighted by Crippen LogP contribution is 2.70. The van der Waals surface area contributed by atoms with E-state index >= 15 is 0 Å². The molecule has 0 atom stereocenters. The lowest BCUT2D eigenvalue weighted by molar-refractivity contribution is -0.117. The normalized spacial score (nSPS) is 30.8. The van der Waals surface area contributed by atoms with Crippen LogP contribution in [-0.4, -0.2) is 15.2 Å². The van der Waals surface area contributed by atoms with E-state index in [1.54, 1.807) is 33.3 Å². The summed E-state index contributed by atoms with van der Waals surface area (Å²) in [6.07, 6.45) is 0. The second-order valence-corrected chi connectivity index (χ2v) is 6.08. The minimum atomic E-state index is 0.0666. The van der Waals surface area contributed by atoms with Crippen LogP contribution in [0.1, 0.15) is 0 Å². The predicted octanol–water partition coefficient (Wildman–Crippen LogP) is 0.856. The largest absolute Gasteiger partial charge is 0.322 e. The molecule has 0 radical (unpaired) electrons. The van der Waals surface area contributed by atoms with Crippen molar-refractivity contribution in [2.45, 2.75) is 3.54 Å². The number of hydrogen-bond donors (Lipinski definition) is 1. The Morgan fingerprint density at radius 1 is 1.62 bits per heavy atom. The number of carbonyl (C=O) groups is 1. The number of carbonyl (C=O) groups excluding carboxylic acids is 1. The summed E-state index contributed by atoms with van der Waals surface area (Å²) < 4.78 is 0.0666. The smallest absolute Gasteiger partial charge is 0.232 e. The van der Waals surface area contributed by atoms with Gasteiger partial charge < -0.3 is 5.32 Å². The molecule has 2 fully saturated rings. The van der Waals surface area contributed by atoms with Crippen molar-refractivity contribution in [2.24, 2.45) is 0 Å². The molecule has 0 aromatic heterocycles. The number of rotatable bonds is 0. The first-order chi connectivity index (χ1) is 3.81. The van der Waals surface area contributed by atoms with Crippen molar-refractivity contribution in [2.75, 3.05) is 5.75 Å². The van der Waals surface area contributed by atoms with Gasteiger partial charge in [0.1, 0.15) is 0 Å². The Morgan fingerprint density at radius 2 is 2.38 bits per heavy atom. The van der Waals surface area contributed by atoms with E-state index in [-0.39, 0.29) is 9.44 Å². The van der Waals surface area contributed by atoms with Crippen LogP contribution in [0.25, 0.3) is 0 Å². The molecule has 44 valence electrons. The third-order valence-corrected chi connectivity index (χ3v) is 5.82. The molecule has 1 amide bonds. The Labute approximate surface area is 58.9 Å². The first-order valence-corrected chi connectivity index (χ1v) is 5.26. The van der Waals surface area contributed by atoms with Crippen molar-refractivity contribution >= 4 is 39.3 Å². The molecule has 1 spiro atoms. The predicted molar refractivity (Wildman–Crippen MR) is 38.5 cm³/mol. The van der Waals surface area contributed by atoms with Gasteiger partial charge in [0.2, 0.25) is 9.44 Å². The Morgan fingerprint density at radius 3 is 2.62 bits per heavy atom. The minimum Gasteiger partial charge on any atom is -0.322 e. The van der Waals surface area contributed by atoms with E-state index in [0.29, 0.717) is 5.75 Å². The molecule has 0 aromatic carbocycles. The molecule has 8 heavy (non-hydrogen) atoms. The third kappa shape index (κ3) is 0.728. The van der Waals surface area contributed by atoms with E-state index in [4.69, 9.17) is 0 Å². The third-order valence-electron chi connectivity index (χ3n) is 0.921. The number of hydrogen-bond acceptors (Lipinski definition) is 4. The van der Waals surface area contributed by atoms with E-state index in [2.05, 4.69) is 5.32 Å². The second kappa shape index (κ2) is 1.52. The Hall–Kier alpha value is 0.520. The van der Waals surface area contributed by atoms with Crippen molar-refractivity contribution in [3.8, 4) is 0 Å². The maximum Gasteiger partial charge on any atom is 0.232 e. The maximum absolute atomic E-state index is 10.5. The molecule has 1 N–H and O–H groups in total. The second-order valence-electron chi connectivity index (χ2n) is 1.56. The van der Waals surface area contributed by atoms with Gasteiger partial charge in [0.15, 0.2) is 0 Å². The average molecular weight is 165 g/mol. The van der Waals surface area contributed by atoms with Gasteiger partial charge in [0.25, 0.3) is 0 Å². The fourth-order valence-electron chi connectivity index (χ4n) is 0.531. The van der Waals surface area contributed by atoms with Crippen molar-refractivity contribution < 1.29 is 4.79 Å². The van der Waals surface area contributed by atoms with Crippen LogP contribution in [0.3, 0.4) is 0 Å². The molecule has 0 aromatic rings. The van der Waals surface area contributed by atoms with Gasteiger partial charge in [-0.15, -0.1) is 11.8 Å². The molecule has 0 aliphatic carbocycles. The van der Waals surface area contributed by atoms with Crippen LogP contribution < -0.4 is 5.32 Å². The van der Waals surface area contributed by atoms with Gasteiger partial charge in [-0.2, -0.15) is 0 Å². The highest BCUT2D eigenvalue weighted by Gasteiger charge is 2.52. The summed E-state index contributed by atoms with van der Waals surface area (Å²) in [5, 5.41) is 2.85. The fraction of sp³-hybridized carbons (Fsp3) is 0.667. The van der Waals surface area contributed by atoms with Gasteiger partial charge in [0, 0.05) is 0 Å². The molecule has 0 unspecified atom stereocenters. The fourth-order valence-corrected chi connectivity index (χ4v) is 3.88. The van der Waals surface area contributed by atoms with Gasteiger partial charge >= 0.3 is 0 Å². The first kappa shape index (κ1) is 5.32. The lowest BCUT2D eigenvalue weighted by Crippen LogP contribution is -2.23. The van der Waals surface area contributed by atoms with Crippen LogP contribution in [-0.2, 0) is 4.79 Å². The summed E-state index contributed by atoms with van der Waals surface area (Å²) in [6, 6.07) is 0. The summed E-state index contributed by atoms with van der Waals surface area (Å²) in [4.78, 5) is 10.5. The number of nitrogens with one attached hydrogen (secondary N) is 1. The molecule has 0 saturated carbocycles. The van der Waals surface area contributed by atoms with Crippen molar-refractivity contribution in [3.63, 3.8) is 0 Å².